The lowest BCUT2D eigenvalue weighted by Gasteiger charge is -2.34. The highest BCUT2D eigenvalue weighted by Crippen LogP contribution is 2.36. The summed E-state index contributed by atoms with van der Waals surface area (Å²) in [7, 11) is 1.58. The van der Waals surface area contributed by atoms with E-state index in [2.05, 4.69) is 20.1 Å². The summed E-state index contributed by atoms with van der Waals surface area (Å²) in [4.78, 5) is 14.7. The van der Waals surface area contributed by atoms with Crippen LogP contribution in [-0.4, -0.2) is 45.2 Å². The van der Waals surface area contributed by atoms with Gasteiger partial charge in [0.1, 0.15) is 0 Å². The number of likely N-dealkylation sites (tertiary alicyclic amines) is 1. The van der Waals surface area contributed by atoms with Crippen molar-refractivity contribution < 1.29 is 13.7 Å². The molecule has 3 aromatic rings. The smallest absolute Gasteiger partial charge is 0.265 e. The second-order valence-electron chi connectivity index (χ2n) is 6.61. The summed E-state index contributed by atoms with van der Waals surface area (Å²) in [6.07, 6.45) is 4.33. The van der Waals surface area contributed by atoms with E-state index < -0.39 is 5.67 Å². The summed E-state index contributed by atoms with van der Waals surface area (Å²) in [5.41, 5.74) is -0.0893. The number of rotatable bonds is 5. The Kier molecular flexibility index (Phi) is 4.81. The molecule has 1 fully saturated rings. The van der Waals surface area contributed by atoms with Crippen molar-refractivity contribution in [2.75, 3.05) is 20.2 Å². The lowest BCUT2D eigenvalue weighted by atomic mass is 9.94. The van der Waals surface area contributed by atoms with Crippen LogP contribution in [0.1, 0.15) is 24.4 Å². The summed E-state index contributed by atoms with van der Waals surface area (Å²) in [5.74, 6) is 0.948. The molecule has 1 atom stereocenters. The van der Waals surface area contributed by atoms with Gasteiger partial charge in [-0.15, -0.1) is 0 Å². The van der Waals surface area contributed by atoms with Crippen molar-refractivity contribution in [3.63, 3.8) is 0 Å². The fourth-order valence-electron chi connectivity index (χ4n) is 3.32. The Morgan fingerprint density at radius 3 is 2.89 bits per heavy atom. The number of hydrogen-bond donors (Lipinski definition) is 0. The zero-order valence-electron chi connectivity index (χ0n) is 15.0. The van der Waals surface area contributed by atoms with E-state index in [4.69, 9.17) is 9.26 Å². The molecule has 4 rings (SSSR count). The number of aromatic nitrogens is 4. The van der Waals surface area contributed by atoms with Crippen LogP contribution >= 0.6 is 0 Å². The molecular formula is C19H20FN5O2. The number of halogens is 1. The highest BCUT2D eigenvalue weighted by atomic mass is 19.1. The van der Waals surface area contributed by atoms with E-state index >= 15 is 4.39 Å². The molecule has 0 saturated carbocycles. The first kappa shape index (κ1) is 17.5. The van der Waals surface area contributed by atoms with Crippen LogP contribution in [0, 0.1) is 0 Å². The van der Waals surface area contributed by atoms with Gasteiger partial charge in [-0.1, -0.05) is 11.2 Å². The number of pyridine rings is 2. The van der Waals surface area contributed by atoms with E-state index in [-0.39, 0.29) is 12.4 Å². The molecule has 1 aliphatic heterocycles. The Morgan fingerprint density at radius 1 is 1.22 bits per heavy atom. The minimum absolute atomic E-state index is 0.0256. The highest BCUT2D eigenvalue weighted by Gasteiger charge is 2.42. The maximum atomic E-state index is 15.6. The molecule has 1 aliphatic rings. The molecule has 0 radical (unpaired) electrons. The molecule has 7 nitrogen and oxygen atoms in total. The van der Waals surface area contributed by atoms with Gasteiger partial charge in [-0.2, -0.15) is 4.98 Å². The number of nitrogens with zero attached hydrogens (tertiary/aromatic N) is 5. The van der Waals surface area contributed by atoms with Crippen molar-refractivity contribution in [1.29, 1.82) is 0 Å². The van der Waals surface area contributed by atoms with Crippen LogP contribution in [0.5, 0.6) is 5.88 Å². The summed E-state index contributed by atoms with van der Waals surface area (Å²) in [6.45, 7) is 1.51. The third kappa shape index (κ3) is 3.80. The summed E-state index contributed by atoms with van der Waals surface area (Å²) < 4.78 is 26.1. The fraction of sp³-hybridized carbons (Fsp3) is 0.368. The number of methoxy groups -OCH3 is 1. The van der Waals surface area contributed by atoms with E-state index in [1.54, 1.807) is 37.7 Å². The quantitative estimate of drug-likeness (QED) is 0.684. The molecule has 0 bridgehead atoms. The van der Waals surface area contributed by atoms with Gasteiger partial charge in [-0.25, -0.2) is 9.37 Å². The molecule has 1 unspecified atom stereocenters. The van der Waals surface area contributed by atoms with Crippen LogP contribution in [-0.2, 0) is 12.2 Å². The average molecular weight is 369 g/mol. The molecular weight excluding hydrogens is 349 g/mol. The van der Waals surface area contributed by atoms with Gasteiger partial charge in [-0.05, 0) is 37.6 Å². The molecule has 0 aromatic carbocycles. The van der Waals surface area contributed by atoms with E-state index in [0.29, 0.717) is 31.1 Å². The lowest BCUT2D eigenvalue weighted by molar-refractivity contribution is 0.0119. The number of piperidine rings is 1. The first-order valence-electron chi connectivity index (χ1n) is 8.82. The van der Waals surface area contributed by atoms with E-state index in [0.717, 1.165) is 17.8 Å². The van der Waals surface area contributed by atoms with Gasteiger partial charge in [0, 0.05) is 37.1 Å². The van der Waals surface area contributed by atoms with Crippen LogP contribution < -0.4 is 4.74 Å². The topological polar surface area (TPSA) is 77.2 Å². The summed E-state index contributed by atoms with van der Waals surface area (Å²) >= 11 is 0. The Balaban J connectivity index is 1.50. The summed E-state index contributed by atoms with van der Waals surface area (Å²) in [6, 6.07) is 9.11. The van der Waals surface area contributed by atoms with Crippen LogP contribution in [0.15, 0.2) is 47.2 Å². The first-order chi connectivity index (χ1) is 13.2. The molecule has 0 N–H and O–H groups in total. The minimum Gasteiger partial charge on any atom is -0.481 e. The van der Waals surface area contributed by atoms with Gasteiger partial charge in [0.25, 0.3) is 5.89 Å². The van der Waals surface area contributed by atoms with E-state index in [9.17, 15) is 0 Å². The predicted molar refractivity (Wildman–Crippen MR) is 95.6 cm³/mol. The molecule has 4 heterocycles. The Morgan fingerprint density at radius 2 is 2.07 bits per heavy atom. The maximum Gasteiger partial charge on any atom is 0.265 e. The normalized spacial score (nSPS) is 20.5. The van der Waals surface area contributed by atoms with Crippen molar-refractivity contribution in [2.24, 2.45) is 0 Å². The molecule has 8 heteroatoms. The second-order valence-corrected chi connectivity index (χ2v) is 6.61. The van der Waals surface area contributed by atoms with Crippen molar-refractivity contribution in [1.82, 2.24) is 25.0 Å². The zero-order chi connectivity index (χ0) is 18.7. The molecule has 0 spiro atoms. The van der Waals surface area contributed by atoms with Crippen LogP contribution in [0.25, 0.3) is 11.4 Å². The Labute approximate surface area is 156 Å². The number of ether oxygens (including phenoxy) is 1. The summed E-state index contributed by atoms with van der Waals surface area (Å²) in [5, 5.41) is 3.94. The molecule has 0 aliphatic carbocycles. The number of alkyl halides is 1. The van der Waals surface area contributed by atoms with Gasteiger partial charge in [-0.3, -0.25) is 9.88 Å². The van der Waals surface area contributed by atoms with Crippen LogP contribution in [0.4, 0.5) is 4.39 Å². The molecule has 27 heavy (non-hydrogen) atoms. The van der Waals surface area contributed by atoms with Crippen molar-refractivity contribution >= 4 is 0 Å². The molecule has 140 valence electrons. The largest absolute Gasteiger partial charge is 0.481 e. The third-order valence-corrected chi connectivity index (χ3v) is 4.65. The minimum atomic E-state index is -1.67. The van der Waals surface area contributed by atoms with Crippen molar-refractivity contribution in [3.8, 4) is 17.3 Å². The predicted octanol–water partition coefficient (Wildman–Crippen LogP) is 3.00. The lowest BCUT2D eigenvalue weighted by Crippen LogP contribution is -2.43. The van der Waals surface area contributed by atoms with Gasteiger partial charge in [0.05, 0.1) is 12.8 Å². The van der Waals surface area contributed by atoms with Gasteiger partial charge < -0.3 is 9.26 Å². The maximum absolute atomic E-state index is 15.6. The average Bonchev–Trinajstić information content (AvgIpc) is 3.20. The monoisotopic (exact) mass is 369 g/mol. The van der Waals surface area contributed by atoms with Gasteiger partial charge in [0.15, 0.2) is 0 Å². The zero-order valence-corrected chi connectivity index (χ0v) is 15.0. The van der Waals surface area contributed by atoms with E-state index in [1.807, 2.05) is 17.0 Å². The van der Waals surface area contributed by atoms with Gasteiger partial charge >= 0.3 is 0 Å². The molecule has 1 saturated heterocycles. The van der Waals surface area contributed by atoms with E-state index in [1.165, 1.54) is 0 Å². The SMILES string of the molecule is COc1cccc(CN2CCCC(F)(c3nc(-c4ccncc4)no3)C2)n1. The van der Waals surface area contributed by atoms with Crippen LogP contribution in [0.3, 0.4) is 0 Å². The fourth-order valence-corrected chi connectivity index (χ4v) is 3.32. The molecule has 0 amide bonds. The van der Waals surface area contributed by atoms with Crippen LogP contribution in [0.2, 0.25) is 0 Å². The third-order valence-electron chi connectivity index (χ3n) is 4.65. The highest BCUT2D eigenvalue weighted by molar-refractivity contribution is 5.52. The Bertz CT molecular complexity index is 904. The Hall–Kier alpha value is -2.87. The first-order valence-corrected chi connectivity index (χ1v) is 8.82. The number of hydrogen-bond acceptors (Lipinski definition) is 7. The van der Waals surface area contributed by atoms with Crippen molar-refractivity contribution in [2.45, 2.75) is 25.1 Å². The second kappa shape index (κ2) is 7.40. The standard InChI is InChI=1S/C19H20FN5O2/c1-26-16-5-2-4-15(22-16)12-25-11-3-8-19(20,13-25)18-23-17(24-27-18)14-6-9-21-10-7-14/h2,4-7,9-10H,3,8,11-13H2,1H3. The molecule has 3 aromatic heterocycles. The van der Waals surface area contributed by atoms with Gasteiger partial charge in [0.2, 0.25) is 17.4 Å². The van der Waals surface area contributed by atoms with Crippen molar-refractivity contribution in [3.05, 3.63) is 54.3 Å².